The molecule has 3 fully saturated rings. The number of benzene rings is 2. The van der Waals surface area contributed by atoms with E-state index in [4.69, 9.17) is 11.0 Å². The molecule has 4 heterocycles. The molecule has 1 aromatic heterocycles. The minimum Gasteiger partial charge on any atom is -0.303 e. The number of carbonyl (C=O) groups excluding carboxylic acids is 3. The van der Waals surface area contributed by atoms with Crippen molar-refractivity contribution in [2.45, 2.75) is 70.3 Å². The lowest BCUT2D eigenvalue weighted by Crippen LogP contribution is -2.53. The zero-order chi connectivity index (χ0) is 34.1. The molecule has 202 valence electrons. The molecule has 0 spiro atoms. The lowest BCUT2D eigenvalue weighted by molar-refractivity contribution is -0.134. The third kappa shape index (κ3) is 4.16. The molecule has 2 aromatic carbocycles. The van der Waals surface area contributed by atoms with Gasteiger partial charge in [0.05, 0.1) is 17.4 Å². The lowest BCUT2D eigenvalue weighted by Gasteiger charge is -2.40. The number of amides is 3. The van der Waals surface area contributed by atoms with Crippen molar-refractivity contribution >= 4 is 34.2 Å². The Hall–Kier alpha value is -3.52. The summed E-state index contributed by atoms with van der Waals surface area (Å²) in [6, 6.07) is 8.00. The Morgan fingerprint density at radius 3 is 2.64 bits per heavy atom. The molecular weight excluding hydrogens is 490 g/mol. The van der Waals surface area contributed by atoms with Gasteiger partial charge in [0.1, 0.15) is 6.04 Å². The molecule has 0 bridgehead atoms. The summed E-state index contributed by atoms with van der Waals surface area (Å²) in [4.78, 5) is 40.1. The normalized spacial score (nSPS) is 32.1. The molecule has 39 heavy (non-hydrogen) atoms. The van der Waals surface area contributed by atoms with Crippen LogP contribution in [0.3, 0.4) is 0 Å². The molecule has 3 aromatic rings. The number of aromatic nitrogens is 2. The number of piperidine rings is 2. The van der Waals surface area contributed by atoms with Gasteiger partial charge in [-0.2, -0.15) is 5.10 Å². The highest BCUT2D eigenvalue weighted by Gasteiger charge is 2.42. The van der Waals surface area contributed by atoms with Crippen LogP contribution in [0, 0.1) is 5.41 Å². The molecule has 8 nitrogen and oxygen atoms in total. The zero-order valence-corrected chi connectivity index (χ0v) is 21.9. The maximum absolute atomic E-state index is 13.5. The molecule has 7 rings (SSSR count). The van der Waals surface area contributed by atoms with Gasteiger partial charge in [-0.15, -0.1) is 0 Å². The Morgan fingerprint density at radius 1 is 1.10 bits per heavy atom. The van der Waals surface area contributed by atoms with Crippen molar-refractivity contribution in [2.75, 3.05) is 24.4 Å². The van der Waals surface area contributed by atoms with E-state index in [9.17, 15) is 14.4 Å². The highest BCUT2D eigenvalue weighted by molar-refractivity contribution is 6.27. The molecule has 1 aliphatic carbocycles. The maximum Gasteiger partial charge on any atom is 0.259 e. The predicted molar refractivity (Wildman–Crippen MR) is 149 cm³/mol. The average molecular weight is 534 g/mol. The van der Waals surface area contributed by atoms with Gasteiger partial charge in [-0.05, 0) is 73.0 Å². The van der Waals surface area contributed by atoms with Crippen molar-refractivity contribution in [3.63, 3.8) is 0 Å². The number of imide groups is 1. The number of hydrogen-bond acceptors (Lipinski definition) is 5. The van der Waals surface area contributed by atoms with Gasteiger partial charge < -0.3 is 4.90 Å². The Labute approximate surface area is 239 Å². The quantitative estimate of drug-likeness (QED) is 0.484. The summed E-state index contributed by atoms with van der Waals surface area (Å²) in [6.07, 6.45) is -0.968. The van der Waals surface area contributed by atoms with Crippen LogP contribution in [-0.4, -0.2) is 58.0 Å². The first-order valence-electron chi connectivity index (χ1n) is 17.3. The predicted octanol–water partition coefficient (Wildman–Crippen LogP) is 4.00. The molecule has 0 radical (unpaired) electrons. The van der Waals surface area contributed by atoms with Crippen LogP contribution >= 0.6 is 0 Å². The Balaban J connectivity index is 1.25. The molecule has 3 aliphatic heterocycles. The van der Waals surface area contributed by atoms with Crippen molar-refractivity contribution < 1.29 is 25.3 Å². The Kier molecular flexibility index (Phi) is 3.86. The van der Waals surface area contributed by atoms with Gasteiger partial charge in [0.25, 0.3) is 5.91 Å². The van der Waals surface area contributed by atoms with E-state index in [-0.39, 0.29) is 37.6 Å². The van der Waals surface area contributed by atoms with E-state index in [2.05, 4.69) is 10.4 Å². The van der Waals surface area contributed by atoms with Crippen molar-refractivity contribution in [3.05, 3.63) is 59.4 Å². The van der Waals surface area contributed by atoms with E-state index < -0.39 is 48.6 Å². The standard InChI is InChI=1S/C31H35N5O3/c1-30(10-11-30)19-34-14-12-31(2,13-15-34)35-18-20(17-32-35)16-21-6-7-24-27-22(21)4-3-5-23(27)29(39)36(24)25-8-9-26(37)33-28(25)38/h3-7,17-18,25H,8-16,19H2,1-2H3,(H,33,37,38)/i12D2,13D2,14D2,15D2. The number of carbonyl (C=O) groups is 3. The smallest absolute Gasteiger partial charge is 0.259 e. The molecule has 2 saturated heterocycles. The number of rotatable bonds is 6. The van der Waals surface area contributed by atoms with E-state index in [1.165, 1.54) is 24.2 Å². The largest absolute Gasteiger partial charge is 0.303 e. The summed E-state index contributed by atoms with van der Waals surface area (Å²) in [5.41, 5.74) is -0.521. The first-order valence-corrected chi connectivity index (χ1v) is 13.3. The lowest BCUT2D eigenvalue weighted by atomic mass is 9.89. The first kappa shape index (κ1) is 17.2. The molecule has 1 N–H and O–H groups in total. The minimum atomic E-state index is -2.93. The van der Waals surface area contributed by atoms with Crippen LogP contribution < -0.4 is 10.2 Å². The summed E-state index contributed by atoms with van der Waals surface area (Å²) in [5, 5.41) is 8.03. The fourth-order valence-electron chi connectivity index (χ4n) is 5.73. The van der Waals surface area contributed by atoms with Gasteiger partial charge in [0.2, 0.25) is 11.8 Å². The third-order valence-electron chi connectivity index (χ3n) is 8.34. The molecule has 1 unspecified atom stereocenters. The molecular formula is C31H35N5O3. The monoisotopic (exact) mass is 533 g/mol. The van der Waals surface area contributed by atoms with Crippen LogP contribution in [0.1, 0.15) is 84.7 Å². The van der Waals surface area contributed by atoms with Gasteiger partial charge in [0, 0.05) is 60.5 Å². The number of nitrogens with zero attached hydrogens (tertiary/aromatic N) is 4. The van der Waals surface area contributed by atoms with Crippen LogP contribution in [-0.2, 0) is 21.5 Å². The van der Waals surface area contributed by atoms with Crippen LogP contribution in [0.2, 0.25) is 0 Å². The van der Waals surface area contributed by atoms with Crippen molar-refractivity contribution in [3.8, 4) is 0 Å². The SMILES string of the molecule is [2H]C1([2H])N(CC2(C)CC2)C([2H])([2H])C([2H])([2H])C(C)(n2cc(Cc3ccc4c5c(cccc35)C(=O)N4C3CCC(=O)NC3=O)cn2)C1([2H])[2H]. The fraction of sp³-hybridized carbons (Fsp3) is 0.484. The van der Waals surface area contributed by atoms with E-state index >= 15 is 0 Å². The van der Waals surface area contributed by atoms with Crippen LogP contribution in [0.4, 0.5) is 5.69 Å². The average Bonchev–Trinajstić information content (AvgIpc) is 3.42. The van der Waals surface area contributed by atoms with Gasteiger partial charge in [-0.25, -0.2) is 0 Å². The topological polar surface area (TPSA) is 87.5 Å². The Morgan fingerprint density at radius 2 is 1.90 bits per heavy atom. The van der Waals surface area contributed by atoms with Crippen molar-refractivity contribution in [1.82, 2.24) is 20.0 Å². The highest BCUT2D eigenvalue weighted by atomic mass is 16.2. The van der Waals surface area contributed by atoms with Gasteiger partial charge in [-0.3, -0.25) is 29.3 Å². The number of anilines is 1. The van der Waals surface area contributed by atoms with Crippen LogP contribution in [0.15, 0.2) is 42.7 Å². The summed E-state index contributed by atoms with van der Waals surface area (Å²) >= 11 is 0. The van der Waals surface area contributed by atoms with Crippen LogP contribution in [0.5, 0.6) is 0 Å². The summed E-state index contributed by atoms with van der Waals surface area (Å²) in [7, 11) is 0. The maximum atomic E-state index is 13.5. The van der Waals surface area contributed by atoms with Gasteiger partial charge >= 0.3 is 0 Å². The zero-order valence-electron chi connectivity index (χ0n) is 29.9. The molecule has 1 saturated carbocycles. The highest BCUT2D eigenvalue weighted by Crippen LogP contribution is 2.46. The van der Waals surface area contributed by atoms with E-state index in [1.807, 2.05) is 19.1 Å². The fourth-order valence-corrected chi connectivity index (χ4v) is 5.73. The third-order valence-corrected chi connectivity index (χ3v) is 8.34. The molecule has 8 heteroatoms. The summed E-state index contributed by atoms with van der Waals surface area (Å²) in [5.74, 6) is -1.24. The number of likely N-dealkylation sites (tertiary alicyclic amines) is 1. The molecule has 1 atom stereocenters. The first-order chi connectivity index (χ1) is 21.8. The van der Waals surface area contributed by atoms with E-state index in [0.29, 0.717) is 22.2 Å². The number of hydrogen-bond donors (Lipinski definition) is 1. The second-order valence-electron chi connectivity index (χ2n) is 11.5. The number of nitrogens with one attached hydrogen (secondary N) is 1. The van der Waals surface area contributed by atoms with Crippen molar-refractivity contribution in [1.29, 1.82) is 0 Å². The van der Waals surface area contributed by atoms with Crippen molar-refractivity contribution in [2.24, 2.45) is 5.41 Å². The molecule has 3 amide bonds. The summed E-state index contributed by atoms with van der Waals surface area (Å²) < 4.78 is 72.7. The van der Waals surface area contributed by atoms with Crippen LogP contribution in [0.25, 0.3) is 10.8 Å². The second kappa shape index (κ2) is 8.74. The minimum absolute atomic E-state index is 0.122. The van der Waals surface area contributed by atoms with Gasteiger partial charge in [0.15, 0.2) is 0 Å². The van der Waals surface area contributed by atoms with Gasteiger partial charge in [-0.1, -0.05) is 25.1 Å². The van der Waals surface area contributed by atoms with E-state index in [0.717, 1.165) is 33.4 Å². The summed E-state index contributed by atoms with van der Waals surface area (Å²) in [6.45, 7) is -2.84. The van der Waals surface area contributed by atoms with E-state index in [1.54, 1.807) is 18.2 Å². The second-order valence-corrected chi connectivity index (χ2v) is 11.5. The Bertz CT molecular complexity index is 1840. The molecule has 4 aliphatic rings.